The molecule has 0 radical (unpaired) electrons. The predicted octanol–water partition coefficient (Wildman–Crippen LogP) is 3.85. The van der Waals surface area contributed by atoms with E-state index in [2.05, 4.69) is 10.3 Å². The topological polar surface area (TPSA) is 44.9 Å². The Labute approximate surface area is 137 Å². The Bertz CT molecular complexity index is 761. The molecule has 24 heavy (non-hydrogen) atoms. The Balaban J connectivity index is 1.72. The van der Waals surface area contributed by atoms with E-state index in [1.807, 2.05) is 30.5 Å². The Morgan fingerprint density at radius 1 is 1.29 bits per heavy atom. The number of benzene rings is 1. The van der Waals surface area contributed by atoms with Crippen LogP contribution in [0.3, 0.4) is 0 Å². The summed E-state index contributed by atoms with van der Waals surface area (Å²) >= 11 is 0. The Morgan fingerprint density at radius 2 is 2.12 bits per heavy atom. The number of H-pyrrole nitrogens is 1. The first-order valence-corrected chi connectivity index (χ1v) is 8.01. The van der Waals surface area contributed by atoms with Crippen molar-refractivity contribution < 1.29 is 18.0 Å². The van der Waals surface area contributed by atoms with Crippen molar-refractivity contribution >= 4 is 22.8 Å². The number of carbonyl (C=O) groups is 1. The number of aryl methyl sites for hydroxylation is 1. The highest BCUT2D eigenvalue weighted by molar-refractivity contribution is 5.97. The normalized spacial score (nSPS) is 17.4. The molecule has 2 aromatic rings. The molecule has 1 aliphatic rings. The van der Waals surface area contributed by atoms with E-state index in [1.165, 1.54) is 10.9 Å². The van der Waals surface area contributed by atoms with Crippen molar-refractivity contribution in [3.8, 4) is 0 Å². The van der Waals surface area contributed by atoms with E-state index in [1.54, 1.807) is 0 Å². The summed E-state index contributed by atoms with van der Waals surface area (Å²) in [4.78, 5) is 14.5. The van der Waals surface area contributed by atoms with Gasteiger partial charge in [-0.15, -0.1) is 0 Å². The van der Waals surface area contributed by atoms with Crippen molar-refractivity contribution in [3.63, 3.8) is 0 Å². The average Bonchev–Trinajstić information content (AvgIpc) is 2.96. The minimum absolute atomic E-state index is 0.172. The molecule has 2 N–H and O–H groups in total. The lowest BCUT2D eigenvalue weighted by Crippen LogP contribution is -2.27. The van der Waals surface area contributed by atoms with Gasteiger partial charge in [-0.25, -0.2) is 0 Å². The summed E-state index contributed by atoms with van der Waals surface area (Å²) in [5.74, 6) is -0.427. The summed E-state index contributed by atoms with van der Waals surface area (Å²) in [6.45, 7) is 0.0492. The molecule has 0 bridgehead atoms. The van der Waals surface area contributed by atoms with Crippen LogP contribution in [0.2, 0.25) is 0 Å². The van der Waals surface area contributed by atoms with Crippen LogP contribution in [0.15, 0.2) is 30.5 Å². The molecule has 0 saturated carbocycles. The molecule has 0 spiro atoms. The van der Waals surface area contributed by atoms with Crippen molar-refractivity contribution in [2.24, 2.45) is 5.92 Å². The maximum absolute atomic E-state index is 12.1. The van der Waals surface area contributed by atoms with Crippen LogP contribution in [-0.2, 0) is 11.2 Å². The Hall–Kier alpha value is -2.08. The zero-order chi connectivity index (χ0) is 17.2. The molecule has 0 saturated heterocycles. The van der Waals surface area contributed by atoms with E-state index < -0.39 is 18.5 Å². The van der Waals surface area contributed by atoms with E-state index in [4.69, 9.17) is 0 Å². The summed E-state index contributed by atoms with van der Waals surface area (Å²) in [6, 6.07) is 6.01. The second-order valence-electron chi connectivity index (χ2n) is 6.10. The molecule has 1 atom stereocenters. The zero-order valence-electron chi connectivity index (χ0n) is 13.1. The zero-order valence-corrected chi connectivity index (χ0v) is 13.1. The lowest BCUT2D eigenvalue weighted by Gasteiger charge is -2.18. The van der Waals surface area contributed by atoms with E-state index in [-0.39, 0.29) is 13.1 Å². The molecule has 0 fully saturated rings. The number of aromatic nitrogens is 1. The van der Waals surface area contributed by atoms with Crippen LogP contribution in [-0.4, -0.2) is 30.5 Å². The van der Waals surface area contributed by atoms with Crippen LogP contribution < -0.4 is 5.32 Å². The molecule has 3 nitrogen and oxygen atoms in total. The monoisotopic (exact) mass is 336 g/mol. The summed E-state index contributed by atoms with van der Waals surface area (Å²) in [6.07, 6.45) is 1.36. The van der Waals surface area contributed by atoms with E-state index >= 15 is 0 Å². The van der Waals surface area contributed by atoms with Gasteiger partial charge in [0.05, 0.1) is 6.42 Å². The standard InChI is InChI=1S/C18H19F3N2O/c19-18(20,21)6-7-22-9-12(11-24)8-13-4-5-14-10-23-16-3-1-2-15(13)17(14)16/h1-3,8,10-12,22-23H,4-7,9H2/b13-8+. The van der Waals surface area contributed by atoms with E-state index in [0.717, 1.165) is 35.8 Å². The van der Waals surface area contributed by atoms with E-state index in [9.17, 15) is 18.0 Å². The first-order valence-electron chi connectivity index (χ1n) is 8.01. The minimum Gasteiger partial charge on any atom is -0.361 e. The molecule has 1 aromatic carbocycles. The van der Waals surface area contributed by atoms with Gasteiger partial charge >= 0.3 is 6.18 Å². The van der Waals surface area contributed by atoms with Crippen LogP contribution in [0.4, 0.5) is 13.2 Å². The quantitative estimate of drug-likeness (QED) is 0.622. The van der Waals surface area contributed by atoms with Gasteiger partial charge in [0.2, 0.25) is 0 Å². The van der Waals surface area contributed by atoms with Gasteiger partial charge in [-0.1, -0.05) is 18.2 Å². The van der Waals surface area contributed by atoms with Crippen LogP contribution in [0.5, 0.6) is 0 Å². The third kappa shape index (κ3) is 3.70. The Morgan fingerprint density at radius 3 is 2.88 bits per heavy atom. The molecule has 1 heterocycles. The number of carbonyl (C=O) groups excluding carboxylic acids is 1. The maximum Gasteiger partial charge on any atom is 0.390 e. The van der Waals surface area contributed by atoms with Gasteiger partial charge in [0.25, 0.3) is 0 Å². The third-order valence-electron chi connectivity index (χ3n) is 4.35. The molecule has 1 aromatic heterocycles. The molecule has 3 rings (SSSR count). The first-order chi connectivity index (χ1) is 11.5. The molecule has 6 heteroatoms. The predicted molar refractivity (Wildman–Crippen MR) is 87.7 cm³/mol. The van der Waals surface area contributed by atoms with Gasteiger partial charge < -0.3 is 15.1 Å². The van der Waals surface area contributed by atoms with Gasteiger partial charge in [-0.3, -0.25) is 0 Å². The highest BCUT2D eigenvalue weighted by Crippen LogP contribution is 2.36. The molecule has 1 unspecified atom stereocenters. The molecule has 1 aliphatic carbocycles. The highest BCUT2D eigenvalue weighted by Gasteiger charge is 2.26. The number of hydrogen-bond donors (Lipinski definition) is 2. The third-order valence-corrected chi connectivity index (χ3v) is 4.35. The second kappa shape index (κ2) is 6.81. The number of allylic oxidation sites excluding steroid dienone is 1. The molecule has 0 amide bonds. The van der Waals surface area contributed by atoms with Crippen LogP contribution in [0, 0.1) is 5.92 Å². The number of rotatable bonds is 6. The van der Waals surface area contributed by atoms with Crippen molar-refractivity contribution in [1.82, 2.24) is 10.3 Å². The fraction of sp³-hybridized carbons (Fsp3) is 0.389. The number of aldehydes is 1. The fourth-order valence-electron chi connectivity index (χ4n) is 3.20. The van der Waals surface area contributed by atoms with Crippen molar-refractivity contribution in [2.75, 3.05) is 13.1 Å². The number of aromatic amines is 1. The first kappa shape index (κ1) is 16.8. The number of hydrogen-bond acceptors (Lipinski definition) is 2. The molecule has 128 valence electrons. The lowest BCUT2D eigenvalue weighted by atomic mass is 9.87. The van der Waals surface area contributed by atoms with Crippen molar-refractivity contribution in [2.45, 2.75) is 25.4 Å². The van der Waals surface area contributed by atoms with Gasteiger partial charge in [-0.2, -0.15) is 13.2 Å². The lowest BCUT2D eigenvalue weighted by molar-refractivity contribution is -0.133. The summed E-state index contributed by atoms with van der Waals surface area (Å²) < 4.78 is 36.4. The number of nitrogens with one attached hydrogen (secondary N) is 2. The van der Waals surface area contributed by atoms with Crippen LogP contribution >= 0.6 is 0 Å². The van der Waals surface area contributed by atoms with Crippen LogP contribution in [0.1, 0.15) is 24.0 Å². The average molecular weight is 336 g/mol. The second-order valence-corrected chi connectivity index (χ2v) is 6.10. The van der Waals surface area contributed by atoms with Gasteiger partial charge in [-0.05, 0) is 35.6 Å². The Kier molecular flexibility index (Phi) is 4.76. The van der Waals surface area contributed by atoms with Crippen molar-refractivity contribution in [1.29, 1.82) is 0 Å². The van der Waals surface area contributed by atoms with Gasteiger partial charge in [0.15, 0.2) is 0 Å². The van der Waals surface area contributed by atoms with E-state index in [0.29, 0.717) is 0 Å². The molecular weight excluding hydrogens is 317 g/mol. The van der Waals surface area contributed by atoms with Gasteiger partial charge in [0.1, 0.15) is 6.29 Å². The van der Waals surface area contributed by atoms with Crippen LogP contribution in [0.25, 0.3) is 16.5 Å². The molecule has 0 aliphatic heterocycles. The number of alkyl halides is 3. The minimum atomic E-state index is -4.17. The fourth-order valence-corrected chi connectivity index (χ4v) is 3.20. The summed E-state index contributed by atoms with van der Waals surface area (Å²) in [7, 11) is 0. The van der Waals surface area contributed by atoms with Gasteiger partial charge in [0, 0.05) is 36.1 Å². The SMILES string of the molecule is O=CC(/C=C1\CCc2c[nH]c3cccc1c23)CNCCC(F)(F)F. The molecular formula is C18H19F3N2O. The smallest absolute Gasteiger partial charge is 0.361 e. The summed E-state index contributed by atoms with van der Waals surface area (Å²) in [5.41, 5.74) is 4.53. The van der Waals surface area contributed by atoms with Crippen molar-refractivity contribution in [3.05, 3.63) is 41.6 Å². The highest BCUT2D eigenvalue weighted by atomic mass is 19.4. The maximum atomic E-state index is 12.1. The summed E-state index contributed by atoms with van der Waals surface area (Å²) in [5, 5.41) is 3.90. The largest absolute Gasteiger partial charge is 0.390 e. The number of halogens is 3.